The van der Waals surface area contributed by atoms with Crippen molar-refractivity contribution in [2.24, 2.45) is 0 Å². The predicted molar refractivity (Wildman–Crippen MR) is 100 cm³/mol. The van der Waals surface area contributed by atoms with Gasteiger partial charge in [0.25, 0.3) is 5.91 Å². The van der Waals surface area contributed by atoms with Crippen LogP contribution < -0.4 is 20.1 Å². The molecule has 0 radical (unpaired) electrons. The molecule has 1 aromatic heterocycles. The molecule has 0 unspecified atom stereocenters. The first-order valence-corrected chi connectivity index (χ1v) is 8.28. The van der Waals surface area contributed by atoms with Crippen molar-refractivity contribution in [3.8, 4) is 11.5 Å². The van der Waals surface area contributed by atoms with Crippen LogP contribution in [0, 0.1) is 0 Å². The fraction of sp³-hybridized carbons (Fsp3) is 0.389. The summed E-state index contributed by atoms with van der Waals surface area (Å²) in [5, 5.41) is 5.92. The molecule has 0 saturated carbocycles. The summed E-state index contributed by atoms with van der Waals surface area (Å²) in [6.45, 7) is 1.51. The molecule has 2 rings (SSSR count). The Kier molecular flexibility index (Phi) is 7.16. The number of carbonyl (C=O) groups excluding carboxylic acids is 1. The zero-order chi connectivity index (χ0) is 18.9. The summed E-state index contributed by atoms with van der Waals surface area (Å²) in [6, 6.07) is 6.96. The molecule has 0 spiro atoms. The lowest BCUT2D eigenvalue weighted by Crippen LogP contribution is -2.28. The van der Waals surface area contributed by atoms with Gasteiger partial charge in [0, 0.05) is 24.5 Å². The van der Waals surface area contributed by atoms with Gasteiger partial charge in [-0.25, -0.2) is 9.97 Å². The Morgan fingerprint density at radius 3 is 2.62 bits per heavy atom. The minimum atomic E-state index is -0.221. The van der Waals surface area contributed by atoms with Crippen LogP contribution in [0.1, 0.15) is 16.9 Å². The van der Waals surface area contributed by atoms with Crippen molar-refractivity contribution in [1.29, 1.82) is 0 Å². The van der Waals surface area contributed by atoms with E-state index in [9.17, 15) is 4.79 Å². The van der Waals surface area contributed by atoms with Gasteiger partial charge >= 0.3 is 0 Å². The number of amides is 1. The zero-order valence-electron chi connectivity index (χ0n) is 15.6. The highest BCUT2D eigenvalue weighted by molar-refractivity contribution is 5.92. The summed E-state index contributed by atoms with van der Waals surface area (Å²) in [5.74, 6) is 1.33. The molecule has 0 bridgehead atoms. The van der Waals surface area contributed by atoms with Crippen molar-refractivity contribution in [3.63, 3.8) is 0 Å². The minimum Gasteiger partial charge on any atom is -0.493 e. The van der Waals surface area contributed by atoms with Crippen LogP contribution >= 0.6 is 0 Å². The molecule has 2 aromatic rings. The van der Waals surface area contributed by atoms with Gasteiger partial charge in [0.15, 0.2) is 11.5 Å². The fourth-order valence-electron chi connectivity index (χ4n) is 2.28. The summed E-state index contributed by atoms with van der Waals surface area (Å²) in [6.07, 6.45) is 2.42. The number of aromatic nitrogens is 2. The number of nitrogens with one attached hydrogen (secondary N) is 2. The van der Waals surface area contributed by atoms with Gasteiger partial charge in [0.1, 0.15) is 5.69 Å². The summed E-state index contributed by atoms with van der Waals surface area (Å²) in [7, 11) is 7.14. The number of benzene rings is 1. The Balaban J connectivity index is 2.01. The van der Waals surface area contributed by atoms with Gasteiger partial charge in [-0.05, 0) is 45.3 Å². The first kappa shape index (κ1) is 19.5. The maximum Gasteiger partial charge on any atom is 0.270 e. The van der Waals surface area contributed by atoms with Crippen LogP contribution in [0.3, 0.4) is 0 Å². The SMILES string of the molecule is COc1ccc(Nc2nccc(C(=O)NCCCN(C)C)n2)cc1OC. The van der Waals surface area contributed by atoms with Crippen LogP contribution in [-0.4, -0.2) is 62.2 Å². The van der Waals surface area contributed by atoms with Crippen LogP contribution in [-0.2, 0) is 0 Å². The van der Waals surface area contributed by atoms with Gasteiger partial charge in [-0.15, -0.1) is 0 Å². The molecular weight excluding hydrogens is 334 g/mol. The van der Waals surface area contributed by atoms with Crippen molar-refractivity contribution >= 4 is 17.5 Å². The molecule has 1 amide bonds. The lowest BCUT2D eigenvalue weighted by molar-refractivity contribution is 0.0947. The van der Waals surface area contributed by atoms with Gasteiger partial charge in [-0.1, -0.05) is 0 Å². The highest BCUT2D eigenvalue weighted by Crippen LogP contribution is 2.30. The number of carbonyl (C=O) groups is 1. The average Bonchev–Trinajstić information content (AvgIpc) is 2.65. The molecule has 2 N–H and O–H groups in total. The number of ether oxygens (including phenoxy) is 2. The van der Waals surface area contributed by atoms with Gasteiger partial charge in [-0.3, -0.25) is 4.79 Å². The van der Waals surface area contributed by atoms with E-state index in [1.807, 2.05) is 20.2 Å². The number of rotatable bonds is 9. The number of hydrogen-bond acceptors (Lipinski definition) is 7. The number of anilines is 2. The standard InChI is InChI=1S/C18H25N5O3/c1-23(2)11-5-9-19-17(24)14-8-10-20-18(22-14)21-13-6-7-15(25-3)16(12-13)26-4/h6-8,10,12H,5,9,11H2,1-4H3,(H,19,24)(H,20,21,22). The molecule has 0 aliphatic rings. The number of hydrogen-bond donors (Lipinski definition) is 2. The molecule has 0 saturated heterocycles. The molecule has 0 atom stereocenters. The van der Waals surface area contributed by atoms with Gasteiger partial charge in [0.2, 0.25) is 5.95 Å². The van der Waals surface area contributed by atoms with E-state index in [0.29, 0.717) is 29.7 Å². The van der Waals surface area contributed by atoms with E-state index in [1.54, 1.807) is 38.6 Å². The molecule has 0 fully saturated rings. The molecule has 140 valence electrons. The van der Waals surface area contributed by atoms with Gasteiger partial charge < -0.3 is 25.0 Å². The Labute approximate surface area is 153 Å². The Morgan fingerprint density at radius 1 is 1.15 bits per heavy atom. The van der Waals surface area contributed by atoms with Crippen molar-refractivity contribution in [3.05, 3.63) is 36.2 Å². The van der Waals surface area contributed by atoms with E-state index < -0.39 is 0 Å². The third kappa shape index (κ3) is 5.59. The molecule has 1 aromatic carbocycles. The Morgan fingerprint density at radius 2 is 1.92 bits per heavy atom. The van der Waals surface area contributed by atoms with E-state index >= 15 is 0 Å². The highest BCUT2D eigenvalue weighted by atomic mass is 16.5. The van der Waals surface area contributed by atoms with Crippen molar-refractivity contribution < 1.29 is 14.3 Å². The lowest BCUT2D eigenvalue weighted by Gasteiger charge is -2.11. The third-order valence-corrected chi connectivity index (χ3v) is 3.60. The average molecular weight is 359 g/mol. The maximum absolute atomic E-state index is 12.2. The largest absolute Gasteiger partial charge is 0.493 e. The monoisotopic (exact) mass is 359 g/mol. The first-order chi connectivity index (χ1) is 12.5. The molecule has 8 nitrogen and oxygen atoms in total. The smallest absolute Gasteiger partial charge is 0.270 e. The second kappa shape index (κ2) is 9.57. The van der Waals surface area contributed by atoms with Gasteiger partial charge in [0.05, 0.1) is 14.2 Å². The quantitative estimate of drug-likeness (QED) is 0.661. The summed E-state index contributed by atoms with van der Waals surface area (Å²) in [4.78, 5) is 22.7. The second-order valence-corrected chi connectivity index (χ2v) is 5.87. The summed E-state index contributed by atoms with van der Waals surface area (Å²) < 4.78 is 10.5. The van der Waals surface area contributed by atoms with E-state index in [0.717, 1.165) is 18.7 Å². The number of methoxy groups -OCH3 is 2. The highest BCUT2D eigenvalue weighted by Gasteiger charge is 2.10. The first-order valence-electron chi connectivity index (χ1n) is 8.28. The summed E-state index contributed by atoms with van der Waals surface area (Å²) in [5.41, 5.74) is 1.04. The minimum absolute atomic E-state index is 0.221. The van der Waals surface area contributed by atoms with Crippen molar-refractivity contribution in [2.75, 3.05) is 46.7 Å². The summed E-state index contributed by atoms with van der Waals surface area (Å²) >= 11 is 0. The fourth-order valence-corrected chi connectivity index (χ4v) is 2.28. The normalized spacial score (nSPS) is 10.5. The Hall–Kier alpha value is -2.87. The van der Waals surface area contributed by atoms with E-state index in [4.69, 9.17) is 9.47 Å². The topological polar surface area (TPSA) is 88.6 Å². The second-order valence-electron chi connectivity index (χ2n) is 5.87. The molecule has 0 aliphatic heterocycles. The van der Waals surface area contributed by atoms with Crippen molar-refractivity contribution in [2.45, 2.75) is 6.42 Å². The van der Waals surface area contributed by atoms with Crippen molar-refractivity contribution in [1.82, 2.24) is 20.2 Å². The van der Waals surface area contributed by atoms with Crippen LogP contribution in [0.5, 0.6) is 11.5 Å². The molecule has 0 aliphatic carbocycles. The molecular formula is C18H25N5O3. The molecule has 8 heteroatoms. The van der Waals surface area contributed by atoms with Crippen LogP contribution in [0.25, 0.3) is 0 Å². The van der Waals surface area contributed by atoms with Crippen LogP contribution in [0.2, 0.25) is 0 Å². The van der Waals surface area contributed by atoms with Crippen LogP contribution in [0.4, 0.5) is 11.6 Å². The molecule has 26 heavy (non-hydrogen) atoms. The lowest BCUT2D eigenvalue weighted by atomic mass is 10.2. The zero-order valence-corrected chi connectivity index (χ0v) is 15.6. The number of nitrogens with zero attached hydrogens (tertiary/aromatic N) is 3. The molecule has 1 heterocycles. The maximum atomic E-state index is 12.2. The Bertz CT molecular complexity index is 737. The third-order valence-electron chi connectivity index (χ3n) is 3.60. The predicted octanol–water partition coefficient (Wildman–Crippen LogP) is 1.92. The van der Waals surface area contributed by atoms with Crippen LogP contribution in [0.15, 0.2) is 30.5 Å². The van der Waals surface area contributed by atoms with E-state index in [1.165, 1.54) is 0 Å². The van der Waals surface area contributed by atoms with Gasteiger partial charge in [-0.2, -0.15) is 0 Å². The van der Waals surface area contributed by atoms with E-state index in [2.05, 4.69) is 25.5 Å². The van der Waals surface area contributed by atoms with E-state index in [-0.39, 0.29) is 5.91 Å².